The maximum atomic E-state index is 11.9. The van der Waals surface area contributed by atoms with Gasteiger partial charge in [-0.15, -0.1) is 0 Å². The first-order valence-electron chi connectivity index (χ1n) is 7.00. The number of hydrogen-bond donors (Lipinski definition) is 2. The van der Waals surface area contributed by atoms with E-state index in [1.165, 1.54) is 0 Å². The molecule has 0 atom stereocenters. The molecule has 104 valence electrons. The van der Waals surface area contributed by atoms with Crippen molar-refractivity contribution in [1.82, 2.24) is 10.2 Å². The first kappa shape index (κ1) is 13.8. The topological polar surface area (TPSA) is 61.8 Å². The predicted octanol–water partition coefficient (Wildman–Crippen LogP) is -0.0141. The molecule has 1 saturated heterocycles. The average Bonchev–Trinajstić information content (AvgIpc) is 2.42. The summed E-state index contributed by atoms with van der Waals surface area (Å²) in [5.41, 5.74) is 0. The molecule has 0 spiro atoms. The molecule has 2 rings (SSSR count). The highest BCUT2D eigenvalue weighted by Gasteiger charge is 2.20. The van der Waals surface area contributed by atoms with Crippen LogP contribution in [0.25, 0.3) is 0 Å². The molecule has 2 aliphatic rings. The lowest BCUT2D eigenvalue weighted by molar-refractivity contribution is -0.134. The van der Waals surface area contributed by atoms with Crippen molar-refractivity contribution in [3.05, 3.63) is 0 Å². The van der Waals surface area contributed by atoms with E-state index in [0.717, 1.165) is 45.3 Å². The number of nitrogens with one attached hydrogen (secondary N) is 1. The van der Waals surface area contributed by atoms with Gasteiger partial charge in [-0.3, -0.25) is 4.79 Å². The maximum Gasteiger partial charge on any atom is 0.236 e. The molecule has 18 heavy (non-hydrogen) atoms. The highest BCUT2D eigenvalue weighted by atomic mass is 16.5. The summed E-state index contributed by atoms with van der Waals surface area (Å²) in [4.78, 5) is 13.7. The number of carbonyl (C=O) groups is 1. The molecule has 0 aromatic heterocycles. The van der Waals surface area contributed by atoms with Crippen molar-refractivity contribution >= 4 is 5.91 Å². The van der Waals surface area contributed by atoms with Crippen LogP contribution in [0.3, 0.4) is 0 Å². The van der Waals surface area contributed by atoms with Gasteiger partial charge in [-0.2, -0.15) is 0 Å². The van der Waals surface area contributed by atoms with E-state index in [-0.39, 0.29) is 12.0 Å². The second-order valence-corrected chi connectivity index (χ2v) is 5.30. The summed E-state index contributed by atoms with van der Waals surface area (Å²) in [6.45, 7) is 4.08. The fourth-order valence-electron chi connectivity index (χ4n) is 2.66. The van der Waals surface area contributed by atoms with E-state index in [4.69, 9.17) is 4.74 Å². The van der Waals surface area contributed by atoms with Gasteiger partial charge in [0.1, 0.15) is 0 Å². The van der Waals surface area contributed by atoms with Crippen molar-refractivity contribution in [3.8, 4) is 0 Å². The van der Waals surface area contributed by atoms with Crippen molar-refractivity contribution in [2.45, 2.75) is 31.8 Å². The quantitative estimate of drug-likeness (QED) is 0.742. The summed E-state index contributed by atoms with van der Waals surface area (Å²) in [6.07, 6.45) is 3.85. The Hall–Kier alpha value is -0.650. The Bertz CT molecular complexity index is 259. The molecular weight excluding hydrogens is 232 g/mol. The normalized spacial score (nSPS) is 29.3. The summed E-state index contributed by atoms with van der Waals surface area (Å²) in [5, 5.41) is 12.7. The van der Waals surface area contributed by atoms with Gasteiger partial charge in [0.05, 0.1) is 25.9 Å². The van der Waals surface area contributed by atoms with Gasteiger partial charge in [-0.25, -0.2) is 0 Å². The van der Waals surface area contributed by atoms with Gasteiger partial charge in [0.25, 0.3) is 0 Å². The number of aliphatic hydroxyl groups excluding tert-OH is 1. The van der Waals surface area contributed by atoms with Crippen LogP contribution in [0.1, 0.15) is 25.7 Å². The van der Waals surface area contributed by atoms with Crippen LogP contribution in [0.2, 0.25) is 0 Å². The third-order valence-corrected chi connectivity index (χ3v) is 3.89. The first-order chi connectivity index (χ1) is 8.75. The van der Waals surface area contributed by atoms with Crippen LogP contribution >= 0.6 is 0 Å². The molecule has 1 aliphatic carbocycles. The highest BCUT2D eigenvalue weighted by Crippen LogP contribution is 2.23. The lowest BCUT2D eigenvalue weighted by atomic mass is 9.87. The van der Waals surface area contributed by atoms with Crippen LogP contribution in [0.15, 0.2) is 0 Å². The Morgan fingerprint density at radius 3 is 2.56 bits per heavy atom. The van der Waals surface area contributed by atoms with Gasteiger partial charge >= 0.3 is 0 Å². The molecule has 2 fully saturated rings. The Balaban J connectivity index is 1.58. The van der Waals surface area contributed by atoms with Crippen LogP contribution in [0.4, 0.5) is 0 Å². The summed E-state index contributed by atoms with van der Waals surface area (Å²) in [5.74, 6) is 0.792. The van der Waals surface area contributed by atoms with E-state index in [2.05, 4.69) is 5.32 Å². The predicted molar refractivity (Wildman–Crippen MR) is 68.2 cm³/mol. The van der Waals surface area contributed by atoms with E-state index in [9.17, 15) is 9.90 Å². The lowest BCUT2D eigenvalue weighted by Gasteiger charge is -2.28. The zero-order chi connectivity index (χ0) is 12.8. The van der Waals surface area contributed by atoms with Crippen LogP contribution in [0, 0.1) is 5.92 Å². The number of ether oxygens (including phenoxy) is 1. The number of hydrogen-bond acceptors (Lipinski definition) is 4. The van der Waals surface area contributed by atoms with Gasteiger partial charge in [-0.05, 0) is 38.1 Å². The third-order valence-electron chi connectivity index (χ3n) is 3.89. The second kappa shape index (κ2) is 7.07. The van der Waals surface area contributed by atoms with Crippen LogP contribution in [-0.4, -0.2) is 61.4 Å². The number of morpholine rings is 1. The molecule has 1 saturated carbocycles. The minimum absolute atomic E-state index is 0.101. The number of aliphatic hydroxyl groups is 1. The fraction of sp³-hybridized carbons (Fsp3) is 0.923. The largest absolute Gasteiger partial charge is 0.393 e. The Morgan fingerprint density at radius 2 is 1.89 bits per heavy atom. The Kier molecular flexibility index (Phi) is 5.41. The summed E-state index contributed by atoms with van der Waals surface area (Å²) < 4.78 is 5.22. The van der Waals surface area contributed by atoms with Crippen LogP contribution in [0.5, 0.6) is 0 Å². The van der Waals surface area contributed by atoms with Crippen LogP contribution < -0.4 is 5.32 Å². The number of carbonyl (C=O) groups excluding carboxylic acids is 1. The van der Waals surface area contributed by atoms with Crippen molar-refractivity contribution < 1.29 is 14.6 Å². The molecule has 1 aliphatic heterocycles. The van der Waals surface area contributed by atoms with Crippen molar-refractivity contribution in [1.29, 1.82) is 0 Å². The van der Waals surface area contributed by atoms with E-state index in [0.29, 0.717) is 25.7 Å². The van der Waals surface area contributed by atoms with Crippen molar-refractivity contribution in [3.63, 3.8) is 0 Å². The van der Waals surface area contributed by atoms with Crippen LogP contribution in [-0.2, 0) is 9.53 Å². The van der Waals surface area contributed by atoms with Gasteiger partial charge in [0.15, 0.2) is 0 Å². The molecule has 0 radical (unpaired) electrons. The smallest absolute Gasteiger partial charge is 0.236 e. The molecule has 1 amide bonds. The summed E-state index contributed by atoms with van der Waals surface area (Å²) in [7, 11) is 0. The lowest BCUT2D eigenvalue weighted by Crippen LogP contribution is -2.45. The van der Waals surface area contributed by atoms with E-state index in [1.807, 2.05) is 4.90 Å². The number of rotatable bonds is 4. The Labute approximate surface area is 108 Å². The van der Waals surface area contributed by atoms with E-state index >= 15 is 0 Å². The highest BCUT2D eigenvalue weighted by molar-refractivity contribution is 5.78. The molecule has 1 heterocycles. The van der Waals surface area contributed by atoms with Crippen molar-refractivity contribution in [2.75, 3.05) is 39.4 Å². The van der Waals surface area contributed by atoms with Crippen molar-refractivity contribution in [2.24, 2.45) is 5.92 Å². The van der Waals surface area contributed by atoms with E-state index < -0.39 is 0 Å². The molecule has 0 aromatic rings. The number of amides is 1. The minimum atomic E-state index is -0.101. The zero-order valence-corrected chi connectivity index (χ0v) is 10.9. The molecule has 5 nitrogen and oxygen atoms in total. The minimum Gasteiger partial charge on any atom is -0.393 e. The van der Waals surface area contributed by atoms with Gasteiger partial charge in [0, 0.05) is 13.1 Å². The van der Waals surface area contributed by atoms with E-state index in [1.54, 1.807) is 0 Å². The monoisotopic (exact) mass is 256 g/mol. The van der Waals surface area contributed by atoms with Gasteiger partial charge in [-0.1, -0.05) is 0 Å². The fourth-order valence-corrected chi connectivity index (χ4v) is 2.66. The molecule has 5 heteroatoms. The maximum absolute atomic E-state index is 11.9. The third kappa shape index (κ3) is 4.23. The summed E-state index contributed by atoms with van der Waals surface area (Å²) in [6, 6.07) is 0. The Morgan fingerprint density at radius 1 is 1.22 bits per heavy atom. The molecular formula is C13H24N2O3. The second-order valence-electron chi connectivity index (χ2n) is 5.30. The standard InChI is InChI=1S/C13H24N2O3/c16-12-3-1-11(2-4-12)9-14-10-13(17)15-5-7-18-8-6-15/h11-12,14,16H,1-10H2. The first-order valence-corrected chi connectivity index (χ1v) is 7.00. The molecule has 0 unspecified atom stereocenters. The molecule has 0 bridgehead atoms. The molecule has 0 aromatic carbocycles. The molecule has 2 N–H and O–H groups in total. The van der Waals surface area contributed by atoms with Gasteiger partial charge < -0.3 is 20.1 Å². The van der Waals surface area contributed by atoms with Gasteiger partial charge in [0.2, 0.25) is 5.91 Å². The number of nitrogens with zero attached hydrogens (tertiary/aromatic N) is 1. The zero-order valence-electron chi connectivity index (χ0n) is 10.9. The summed E-state index contributed by atoms with van der Waals surface area (Å²) >= 11 is 0. The SMILES string of the molecule is O=C(CNCC1CCC(O)CC1)N1CCOCC1. The average molecular weight is 256 g/mol.